The molecule has 1 aliphatic carbocycles. The molecule has 3 N–H and O–H groups in total. The van der Waals surface area contributed by atoms with E-state index in [1.54, 1.807) is 7.11 Å². The van der Waals surface area contributed by atoms with Gasteiger partial charge in [-0.15, -0.1) is 0 Å². The zero-order valence-electron chi connectivity index (χ0n) is 11.8. The molecule has 1 unspecified atom stereocenters. The number of nitrogens with one attached hydrogen (secondary N) is 1. The Morgan fingerprint density at radius 1 is 1.47 bits per heavy atom. The van der Waals surface area contributed by atoms with Crippen molar-refractivity contribution < 1.29 is 4.74 Å². The van der Waals surface area contributed by atoms with Gasteiger partial charge in [-0.1, -0.05) is 32.5 Å². The van der Waals surface area contributed by atoms with Crippen molar-refractivity contribution in [2.75, 3.05) is 12.4 Å². The molecular weight excluding hydrogens is 256 g/mol. The van der Waals surface area contributed by atoms with Crippen molar-refractivity contribution in [3.8, 4) is 5.75 Å². The summed E-state index contributed by atoms with van der Waals surface area (Å²) in [5.41, 5.74) is 7.97. The molecule has 0 heterocycles. The highest BCUT2D eigenvalue weighted by molar-refractivity contribution is 7.80. The van der Waals surface area contributed by atoms with Crippen LogP contribution in [0.4, 0.5) is 5.69 Å². The summed E-state index contributed by atoms with van der Waals surface area (Å²) in [5.74, 6) is 0.818. The van der Waals surface area contributed by atoms with E-state index in [4.69, 9.17) is 22.7 Å². The Morgan fingerprint density at radius 3 is 2.74 bits per heavy atom. The van der Waals surface area contributed by atoms with Gasteiger partial charge in [0.1, 0.15) is 10.7 Å². The first kappa shape index (κ1) is 14.1. The van der Waals surface area contributed by atoms with Crippen molar-refractivity contribution in [1.82, 2.24) is 0 Å². The lowest BCUT2D eigenvalue weighted by atomic mass is 9.87. The van der Waals surface area contributed by atoms with Gasteiger partial charge in [-0.2, -0.15) is 0 Å². The highest BCUT2D eigenvalue weighted by Gasteiger charge is 2.34. The molecule has 0 aromatic heterocycles. The average Bonchev–Trinajstić information content (AvgIpc) is 2.68. The summed E-state index contributed by atoms with van der Waals surface area (Å²) in [6.45, 7) is 4.61. The molecule has 1 saturated carbocycles. The van der Waals surface area contributed by atoms with E-state index in [0.29, 0.717) is 16.4 Å². The number of rotatable bonds is 4. The zero-order chi connectivity index (χ0) is 14.0. The van der Waals surface area contributed by atoms with Crippen molar-refractivity contribution in [3.05, 3.63) is 23.8 Å². The molecule has 0 saturated heterocycles. The molecule has 0 amide bonds. The Morgan fingerprint density at radius 2 is 2.21 bits per heavy atom. The van der Waals surface area contributed by atoms with E-state index in [-0.39, 0.29) is 0 Å². The van der Waals surface area contributed by atoms with Gasteiger partial charge < -0.3 is 15.8 Å². The van der Waals surface area contributed by atoms with Crippen molar-refractivity contribution in [3.63, 3.8) is 0 Å². The number of benzene rings is 1. The van der Waals surface area contributed by atoms with Crippen molar-refractivity contribution in [2.45, 2.75) is 39.2 Å². The van der Waals surface area contributed by atoms with Crippen LogP contribution in [0, 0.1) is 5.41 Å². The summed E-state index contributed by atoms with van der Waals surface area (Å²) in [6.07, 6.45) is 3.69. The quantitative estimate of drug-likeness (QED) is 0.829. The highest BCUT2D eigenvalue weighted by Crippen LogP contribution is 2.39. The van der Waals surface area contributed by atoms with Crippen LogP contribution in [-0.2, 0) is 0 Å². The maximum Gasteiger partial charge on any atom is 0.120 e. The number of hydrogen-bond acceptors (Lipinski definition) is 3. The molecule has 1 atom stereocenters. The molecule has 2 rings (SSSR count). The summed E-state index contributed by atoms with van der Waals surface area (Å²) in [7, 11) is 1.67. The van der Waals surface area contributed by atoms with Crippen molar-refractivity contribution in [1.29, 1.82) is 0 Å². The summed E-state index contributed by atoms with van der Waals surface area (Å²) >= 11 is 5.12. The first-order valence-electron chi connectivity index (χ1n) is 6.68. The molecule has 0 aliphatic heterocycles. The summed E-state index contributed by atoms with van der Waals surface area (Å²) < 4.78 is 5.28. The van der Waals surface area contributed by atoms with E-state index in [2.05, 4.69) is 19.2 Å². The lowest BCUT2D eigenvalue weighted by Crippen LogP contribution is -2.31. The van der Waals surface area contributed by atoms with Gasteiger partial charge in [0.2, 0.25) is 0 Å². The minimum Gasteiger partial charge on any atom is -0.497 e. The summed E-state index contributed by atoms with van der Waals surface area (Å²) in [4.78, 5) is 0.418. The third-order valence-electron chi connectivity index (χ3n) is 4.08. The van der Waals surface area contributed by atoms with Gasteiger partial charge in [0.15, 0.2) is 0 Å². The van der Waals surface area contributed by atoms with Crippen LogP contribution in [0.5, 0.6) is 5.75 Å². The standard InChI is InChI=1S/C15H22N2OS/c1-15(2)8-4-5-13(15)17-12-9-10(18-3)6-7-11(12)14(16)19/h6-7,9,13,17H,4-5,8H2,1-3H3,(H2,16,19). The lowest BCUT2D eigenvalue weighted by Gasteiger charge is -2.29. The van der Waals surface area contributed by atoms with E-state index in [9.17, 15) is 0 Å². The lowest BCUT2D eigenvalue weighted by molar-refractivity contribution is 0.350. The van der Waals surface area contributed by atoms with Gasteiger partial charge in [-0.3, -0.25) is 0 Å². The number of methoxy groups -OCH3 is 1. The van der Waals surface area contributed by atoms with Crippen LogP contribution in [0.1, 0.15) is 38.7 Å². The van der Waals surface area contributed by atoms with E-state index in [1.165, 1.54) is 19.3 Å². The number of nitrogens with two attached hydrogens (primary N) is 1. The first-order valence-corrected chi connectivity index (χ1v) is 7.09. The highest BCUT2D eigenvalue weighted by atomic mass is 32.1. The number of hydrogen-bond donors (Lipinski definition) is 2. The molecule has 1 aromatic carbocycles. The predicted octanol–water partition coefficient (Wildman–Crippen LogP) is 3.32. The summed E-state index contributed by atoms with van der Waals surface area (Å²) in [5, 5.41) is 3.61. The largest absolute Gasteiger partial charge is 0.497 e. The fraction of sp³-hybridized carbons (Fsp3) is 0.533. The molecule has 0 spiro atoms. The van der Waals surface area contributed by atoms with Crippen LogP contribution >= 0.6 is 12.2 Å². The van der Waals surface area contributed by atoms with Gasteiger partial charge in [0.05, 0.1) is 7.11 Å². The van der Waals surface area contributed by atoms with Crippen molar-refractivity contribution in [2.24, 2.45) is 11.1 Å². The maximum absolute atomic E-state index is 5.80. The third-order valence-corrected chi connectivity index (χ3v) is 4.30. The molecule has 19 heavy (non-hydrogen) atoms. The van der Waals surface area contributed by atoms with Gasteiger partial charge in [0.25, 0.3) is 0 Å². The van der Waals surface area contributed by atoms with E-state index < -0.39 is 0 Å². The topological polar surface area (TPSA) is 47.3 Å². The van der Waals surface area contributed by atoms with Crippen LogP contribution in [0.3, 0.4) is 0 Å². The number of ether oxygens (including phenoxy) is 1. The monoisotopic (exact) mass is 278 g/mol. The van der Waals surface area contributed by atoms with Crippen LogP contribution in [0.25, 0.3) is 0 Å². The second-order valence-electron chi connectivity index (χ2n) is 5.85. The molecule has 1 aliphatic rings. The molecule has 0 radical (unpaired) electrons. The Labute approximate surface area is 120 Å². The molecule has 104 valence electrons. The molecule has 4 heteroatoms. The predicted molar refractivity (Wildman–Crippen MR) is 83.9 cm³/mol. The second-order valence-corrected chi connectivity index (χ2v) is 6.29. The SMILES string of the molecule is COc1ccc(C(N)=S)c(NC2CCCC2(C)C)c1. The number of anilines is 1. The Balaban J connectivity index is 2.29. The average molecular weight is 278 g/mol. The Bertz CT molecular complexity index is 485. The van der Waals surface area contributed by atoms with Gasteiger partial charge in [0, 0.05) is 23.4 Å². The van der Waals surface area contributed by atoms with E-state index in [1.807, 2.05) is 18.2 Å². The minimum atomic E-state index is 0.302. The fourth-order valence-corrected chi connectivity index (χ4v) is 2.94. The van der Waals surface area contributed by atoms with Crippen LogP contribution in [-0.4, -0.2) is 18.1 Å². The Kier molecular flexibility index (Phi) is 3.99. The molecule has 0 bridgehead atoms. The van der Waals surface area contributed by atoms with Crippen molar-refractivity contribution >= 4 is 22.9 Å². The fourth-order valence-electron chi connectivity index (χ4n) is 2.77. The Hall–Kier alpha value is -1.29. The zero-order valence-corrected chi connectivity index (χ0v) is 12.6. The third kappa shape index (κ3) is 3.00. The first-order chi connectivity index (χ1) is 8.94. The van der Waals surface area contributed by atoms with Crippen LogP contribution in [0.2, 0.25) is 0 Å². The molecule has 1 fully saturated rings. The van der Waals surface area contributed by atoms with E-state index in [0.717, 1.165) is 17.0 Å². The van der Waals surface area contributed by atoms with Crippen LogP contribution in [0.15, 0.2) is 18.2 Å². The number of thiocarbonyl (C=S) groups is 1. The maximum atomic E-state index is 5.80. The molecular formula is C15H22N2OS. The van der Waals surface area contributed by atoms with Gasteiger partial charge in [-0.05, 0) is 30.4 Å². The van der Waals surface area contributed by atoms with Crippen LogP contribution < -0.4 is 15.8 Å². The summed E-state index contributed by atoms with van der Waals surface area (Å²) in [6, 6.07) is 6.24. The molecule has 3 nitrogen and oxygen atoms in total. The van der Waals surface area contributed by atoms with Gasteiger partial charge in [-0.25, -0.2) is 0 Å². The second kappa shape index (κ2) is 5.37. The normalized spacial score (nSPS) is 21.1. The van der Waals surface area contributed by atoms with E-state index >= 15 is 0 Å². The minimum absolute atomic E-state index is 0.302. The van der Waals surface area contributed by atoms with Gasteiger partial charge >= 0.3 is 0 Å². The smallest absolute Gasteiger partial charge is 0.120 e. The molecule has 1 aromatic rings.